The predicted molar refractivity (Wildman–Crippen MR) is 58.7 cm³/mol. The smallest absolute Gasteiger partial charge is 0.0174 e. The van der Waals surface area contributed by atoms with Gasteiger partial charge >= 0.3 is 0 Å². The van der Waals surface area contributed by atoms with Crippen molar-refractivity contribution in [1.29, 1.82) is 0 Å². The second-order valence-electron chi connectivity index (χ2n) is 4.21. The molecule has 1 fully saturated rings. The summed E-state index contributed by atoms with van der Waals surface area (Å²) in [4.78, 5) is 0.769. The summed E-state index contributed by atoms with van der Waals surface area (Å²) >= 11 is 3.81. The van der Waals surface area contributed by atoms with Crippen molar-refractivity contribution in [3.63, 3.8) is 0 Å². The lowest BCUT2D eigenvalue weighted by Gasteiger charge is -2.23. The van der Waals surface area contributed by atoms with Gasteiger partial charge in [0.05, 0.1) is 0 Å². The van der Waals surface area contributed by atoms with Gasteiger partial charge in [0, 0.05) is 4.83 Å². The summed E-state index contributed by atoms with van der Waals surface area (Å²) in [6.45, 7) is 4.70. The SMILES string of the molecule is CCCC(Br)C(C)C1CCCC1. The molecule has 0 amide bonds. The van der Waals surface area contributed by atoms with E-state index in [-0.39, 0.29) is 0 Å². The molecule has 0 aromatic heterocycles. The predicted octanol–water partition coefficient (Wildman–Crippen LogP) is 4.38. The quantitative estimate of drug-likeness (QED) is 0.632. The molecular formula is C11H21Br. The van der Waals surface area contributed by atoms with Gasteiger partial charge in [-0.2, -0.15) is 0 Å². The first-order valence-electron chi connectivity index (χ1n) is 5.39. The van der Waals surface area contributed by atoms with Crippen LogP contribution in [0.5, 0.6) is 0 Å². The number of hydrogen-bond donors (Lipinski definition) is 0. The van der Waals surface area contributed by atoms with Crippen LogP contribution in [0.4, 0.5) is 0 Å². The molecule has 0 aromatic carbocycles. The largest absolute Gasteiger partial charge is 0.0888 e. The van der Waals surface area contributed by atoms with Gasteiger partial charge in [0.25, 0.3) is 0 Å². The van der Waals surface area contributed by atoms with Crippen LogP contribution in [0.15, 0.2) is 0 Å². The van der Waals surface area contributed by atoms with Crippen LogP contribution in [0, 0.1) is 11.8 Å². The summed E-state index contributed by atoms with van der Waals surface area (Å²) < 4.78 is 0. The summed E-state index contributed by atoms with van der Waals surface area (Å²) in [6.07, 6.45) is 8.56. The molecule has 1 rings (SSSR count). The molecule has 0 N–H and O–H groups in total. The minimum atomic E-state index is 0.769. The highest BCUT2D eigenvalue weighted by Gasteiger charge is 2.25. The zero-order valence-electron chi connectivity index (χ0n) is 8.35. The summed E-state index contributed by atoms with van der Waals surface area (Å²) in [7, 11) is 0. The Morgan fingerprint density at radius 1 is 1.33 bits per heavy atom. The van der Waals surface area contributed by atoms with Crippen molar-refractivity contribution in [2.45, 2.75) is 57.2 Å². The highest BCUT2D eigenvalue weighted by atomic mass is 79.9. The Morgan fingerprint density at radius 2 is 1.92 bits per heavy atom. The Morgan fingerprint density at radius 3 is 2.42 bits per heavy atom. The van der Waals surface area contributed by atoms with Crippen LogP contribution in [0.3, 0.4) is 0 Å². The normalized spacial score (nSPS) is 24.2. The van der Waals surface area contributed by atoms with E-state index in [1.807, 2.05) is 0 Å². The Kier molecular flexibility index (Phi) is 4.63. The van der Waals surface area contributed by atoms with Crippen molar-refractivity contribution < 1.29 is 0 Å². The average molecular weight is 233 g/mol. The molecule has 12 heavy (non-hydrogen) atoms. The third-order valence-electron chi connectivity index (χ3n) is 3.28. The fraction of sp³-hybridized carbons (Fsp3) is 1.00. The van der Waals surface area contributed by atoms with Crippen LogP contribution in [0.25, 0.3) is 0 Å². The molecular weight excluding hydrogens is 212 g/mol. The lowest BCUT2D eigenvalue weighted by Crippen LogP contribution is -2.18. The maximum atomic E-state index is 3.81. The first-order chi connectivity index (χ1) is 5.75. The average Bonchev–Trinajstić information content (AvgIpc) is 2.55. The van der Waals surface area contributed by atoms with E-state index in [2.05, 4.69) is 29.8 Å². The van der Waals surface area contributed by atoms with E-state index in [1.54, 1.807) is 0 Å². The second-order valence-corrected chi connectivity index (χ2v) is 5.38. The molecule has 0 radical (unpaired) electrons. The first kappa shape index (κ1) is 10.6. The molecule has 0 bridgehead atoms. The van der Waals surface area contributed by atoms with Crippen LogP contribution in [0.1, 0.15) is 52.4 Å². The minimum absolute atomic E-state index is 0.769. The lowest BCUT2D eigenvalue weighted by molar-refractivity contribution is 0.350. The lowest BCUT2D eigenvalue weighted by atomic mass is 9.88. The monoisotopic (exact) mass is 232 g/mol. The van der Waals surface area contributed by atoms with Gasteiger partial charge in [-0.1, -0.05) is 61.9 Å². The van der Waals surface area contributed by atoms with Gasteiger partial charge in [-0.05, 0) is 18.3 Å². The molecule has 0 aromatic rings. The van der Waals surface area contributed by atoms with Gasteiger partial charge in [-0.25, -0.2) is 0 Å². The van der Waals surface area contributed by atoms with E-state index < -0.39 is 0 Å². The summed E-state index contributed by atoms with van der Waals surface area (Å²) in [6, 6.07) is 0. The minimum Gasteiger partial charge on any atom is -0.0888 e. The van der Waals surface area contributed by atoms with Gasteiger partial charge in [-0.3, -0.25) is 0 Å². The molecule has 1 saturated carbocycles. The maximum absolute atomic E-state index is 3.81. The fourth-order valence-electron chi connectivity index (χ4n) is 2.32. The van der Waals surface area contributed by atoms with Crippen LogP contribution in [-0.4, -0.2) is 4.83 Å². The van der Waals surface area contributed by atoms with Gasteiger partial charge < -0.3 is 0 Å². The van der Waals surface area contributed by atoms with Crippen molar-refractivity contribution in [2.24, 2.45) is 11.8 Å². The molecule has 2 unspecified atom stereocenters. The molecule has 2 atom stereocenters. The summed E-state index contributed by atoms with van der Waals surface area (Å²) in [5, 5.41) is 0. The van der Waals surface area contributed by atoms with Crippen molar-refractivity contribution in [3.05, 3.63) is 0 Å². The Hall–Kier alpha value is 0.480. The molecule has 0 nitrogen and oxygen atoms in total. The molecule has 72 valence electrons. The summed E-state index contributed by atoms with van der Waals surface area (Å²) in [5.41, 5.74) is 0. The second kappa shape index (κ2) is 5.26. The molecule has 1 aliphatic rings. The highest BCUT2D eigenvalue weighted by molar-refractivity contribution is 9.09. The topological polar surface area (TPSA) is 0 Å². The van der Waals surface area contributed by atoms with E-state index in [0.717, 1.165) is 16.7 Å². The van der Waals surface area contributed by atoms with Crippen LogP contribution < -0.4 is 0 Å². The van der Waals surface area contributed by atoms with Gasteiger partial charge in [0.15, 0.2) is 0 Å². The number of rotatable bonds is 4. The van der Waals surface area contributed by atoms with Crippen molar-refractivity contribution >= 4 is 15.9 Å². The number of alkyl halides is 1. The highest BCUT2D eigenvalue weighted by Crippen LogP contribution is 2.36. The standard InChI is InChI=1S/C11H21Br/c1-3-6-11(12)9(2)10-7-4-5-8-10/h9-11H,3-8H2,1-2H3. The van der Waals surface area contributed by atoms with E-state index in [0.29, 0.717) is 0 Å². The Balaban J connectivity index is 2.29. The van der Waals surface area contributed by atoms with Crippen molar-refractivity contribution in [3.8, 4) is 0 Å². The van der Waals surface area contributed by atoms with Gasteiger partial charge in [0.2, 0.25) is 0 Å². The number of hydrogen-bond acceptors (Lipinski definition) is 0. The third kappa shape index (κ3) is 2.76. The first-order valence-corrected chi connectivity index (χ1v) is 6.31. The van der Waals surface area contributed by atoms with Gasteiger partial charge in [-0.15, -0.1) is 0 Å². The van der Waals surface area contributed by atoms with Crippen LogP contribution in [-0.2, 0) is 0 Å². The molecule has 1 aliphatic carbocycles. The maximum Gasteiger partial charge on any atom is 0.0174 e. The molecule has 0 saturated heterocycles. The van der Waals surface area contributed by atoms with E-state index in [1.165, 1.54) is 38.5 Å². The Bertz CT molecular complexity index is 116. The van der Waals surface area contributed by atoms with Gasteiger partial charge in [0.1, 0.15) is 0 Å². The van der Waals surface area contributed by atoms with E-state index in [4.69, 9.17) is 0 Å². The molecule has 0 heterocycles. The zero-order valence-corrected chi connectivity index (χ0v) is 9.94. The molecule has 0 spiro atoms. The fourth-order valence-corrected chi connectivity index (χ4v) is 3.21. The van der Waals surface area contributed by atoms with Crippen LogP contribution >= 0.6 is 15.9 Å². The van der Waals surface area contributed by atoms with E-state index in [9.17, 15) is 0 Å². The molecule has 1 heteroatoms. The third-order valence-corrected chi connectivity index (χ3v) is 4.57. The summed E-state index contributed by atoms with van der Waals surface area (Å²) in [5.74, 6) is 1.91. The van der Waals surface area contributed by atoms with Crippen LogP contribution in [0.2, 0.25) is 0 Å². The number of halogens is 1. The molecule has 0 aliphatic heterocycles. The van der Waals surface area contributed by atoms with E-state index >= 15 is 0 Å². The van der Waals surface area contributed by atoms with Crippen molar-refractivity contribution in [2.75, 3.05) is 0 Å². The zero-order chi connectivity index (χ0) is 8.97. The Labute approximate surface area is 85.3 Å². The van der Waals surface area contributed by atoms with Crippen molar-refractivity contribution in [1.82, 2.24) is 0 Å².